The molecule has 2 aliphatic carbocycles. The van der Waals surface area contributed by atoms with E-state index in [9.17, 15) is 4.79 Å². The summed E-state index contributed by atoms with van der Waals surface area (Å²) in [6, 6.07) is 12.4. The van der Waals surface area contributed by atoms with E-state index >= 15 is 0 Å². The van der Waals surface area contributed by atoms with Crippen LogP contribution in [0, 0.1) is 5.41 Å². The van der Waals surface area contributed by atoms with Crippen molar-refractivity contribution in [3.63, 3.8) is 0 Å². The van der Waals surface area contributed by atoms with Gasteiger partial charge < -0.3 is 5.32 Å². The largest absolute Gasteiger partial charge is 0.347 e. The van der Waals surface area contributed by atoms with Gasteiger partial charge in [0.25, 0.3) is 5.91 Å². The molecule has 0 radical (unpaired) electrons. The van der Waals surface area contributed by atoms with Crippen LogP contribution in [0.2, 0.25) is 5.02 Å². The second kappa shape index (κ2) is 7.17. The van der Waals surface area contributed by atoms with Crippen LogP contribution in [0.3, 0.4) is 0 Å². The number of aryl methyl sites for hydroxylation is 1. The molecule has 2 saturated carbocycles. The Bertz CT molecular complexity index is 1060. The number of nitrogens with zero attached hydrogens (tertiary/aromatic N) is 2. The summed E-state index contributed by atoms with van der Waals surface area (Å²) in [5.41, 5.74) is 5.36. The Labute approximate surface area is 176 Å². The highest BCUT2D eigenvalue weighted by Crippen LogP contribution is 2.61. The molecule has 2 fully saturated rings. The summed E-state index contributed by atoms with van der Waals surface area (Å²) >= 11 is 6.13. The van der Waals surface area contributed by atoms with Crippen molar-refractivity contribution < 1.29 is 4.79 Å². The fourth-order valence-corrected chi connectivity index (χ4v) is 5.20. The highest BCUT2D eigenvalue weighted by Gasteiger charge is 2.48. The van der Waals surface area contributed by atoms with Gasteiger partial charge in [-0.2, -0.15) is 0 Å². The highest BCUT2D eigenvalue weighted by atomic mass is 35.5. The molecule has 29 heavy (non-hydrogen) atoms. The van der Waals surface area contributed by atoms with Gasteiger partial charge in [0.15, 0.2) is 0 Å². The third-order valence-corrected chi connectivity index (χ3v) is 7.11. The maximum absolute atomic E-state index is 12.9. The molecule has 0 bridgehead atoms. The van der Waals surface area contributed by atoms with Crippen LogP contribution in [-0.2, 0) is 13.0 Å². The minimum Gasteiger partial charge on any atom is -0.347 e. The normalized spacial score (nSPS) is 17.9. The molecular weight excluding hydrogens is 382 g/mol. The number of pyridine rings is 1. The van der Waals surface area contributed by atoms with E-state index in [1.165, 1.54) is 37.7 Å². The fourth-order valence-electron chi connectivity index (χ4n) is 5.03. The molecule has 2 heterocycles. The Kier molecular flexibility index (Phi) is 4.62. The molecule has 1 amide bonds. The van der Waals surface area contributed by atoms with E-state index in [1.807, 2.05) is 13.0 Å². The van der Waals surface area contributed by atoms with Crippen LogP contribution in [0.25, 0.3) is 5.65 Å². The lowest BCUT2D eigenvalue weighted by Gasteiger charge is -2.54. The van der Waals surface area contributed by atoms with Crippen molar-refractivity contribution in [2.75, 3.05) is 0 Å². The maximum Gasteiger partial charge on any atom is 0.270 e. The van der Waals surface area contributed by atoms with Crippen molar-refractivity contribution in [2.24, 2.45) is 5.41 Å². The molecule has 0 aliphatic heterocycles. The summed E-state index contributed by atoms with van der Waals surface area (Å²) in [5.74, 6) is 0.612. The van der Waals surface area contributed by atoms with Crippen LogP contribution < -0.4 is 5.32 Å². The van der Waals surface area contributed by atoms with Gasteiger partial charge in [-0.25, -0.2) is 4.98 Å². The number of fused-ring (bicyclic) bond motifs is 1. The maximum atomic E-state index is 12.9. The van der Waals surface area contributed by atoms with Gasteiger partial charge in [-0.1, -0.05) is 49.2 Å². The molecule has 2 aliphatic rings. The number of hydrogen-bond donors (Lipinski definition) is 1. The molecule has 1 spiro atoms. The summed E-state index contributed by atoms with van der Waals surface area (Å²) in [4.78, 5) is 17.5. The first kappa shape index (κ1) is 18.7. The smallest absolute Gasteiger partial charge is 0.270 e. The van der Waals surface area contributed by atoms with E-state index in [2.05, 4.69) is 34.6 Å². The van der Waals surface area contributed by atoms with Gasteiger partial charge in [0.1, 0.15) is 11.3 Å². The van der Waals surface area contributed by atoms with Crippen LogP contribution in [0.4, 0.5) is 0 Å². The molecule has 5 rings (SSSR count). The molecule has 5 heteroatoms. The Morgan fingerprint density at radius 2 is 1.97 bits per heavy atom. The SMILES string of the molecule is CCc1nc2ccc(Cl)cn2c1C(=O)NCc1ccc(C2CC3(CCC3)C2)cc1. The predicted octanol–water partition coefficient (Wildman–Crippen LogP) is 5.53. The van der Waals surface area contributed by atoms with E-state index < -0.39 is 0 Å². The first-order valence-corrected chi connectivity index (χ1v) is 11.0. The van der Waals surface area contributed by atoms with Gasteiger partial charge in [0.05, 0.1) is 10.7 Å². The van der Waals surface area contributed by atoms with Crippen molar-refractivity contribution in [1.82, 2.24) is 14.7 Å². The fraction of sp³-hybridized carbons (Fsp3) is 0.417. The van der Waals surface area contributed by atoms with Crippen molar-refractivity contribution in [2.45, 2.75) is 57.9 Å². The first-order valence-electron chi connectivity index (χ1n) is 10.6. The number of amides is 1. The standard InChI is InChI=1S/C24H26ClN3O/c1-2-20-22(28-15-19(25)8-9-21(28)27-20)23(29)26-14-16-4-6-17(7-5-16)18-12-24(13-18)10-3-11-24/h4-9,15,18H,2-3,10-14H2,1H3,(H,26,29). The molecule has 2 aromatic heterocycles. The number of imidazole rings is 1. The summed E-state index contributed by atoms with van der Waals surface area (Å²) < 4.78 is 1.78. The minimum absolute atomic E-state index is 0.119. The molecule has 1 N–H and O–H groups in total. The summed E-state index contributed by atoms with van der Waals surface area (Å²) in [5, 5.41) is 3.64. The lowest BCUT2D eigenvalue weighted by molar-refractivity contribution is 0.00900. The predicted molar refractivity (Wildman–Crippen MR) is 115 cm³/mol. The van der Waals surface area contributed by atoms with Crippen LogP contribution >= 0.6 is 11.6 Å². The molecule has 0 saturated heterocycles. The molecule has 0 unspecified atom stereocenters. The zero-order chi connectivity index (χ0) is 20.0. The number of aromatic nitrogens is 2. The lowest BCUT2D eigenvalue weighted by atomic mass is 9.51. The summed E-state index contributed by atoms with van der Waals surface area (Å²) in [7, 11) is 0. The highest BCUT2D eigenvalue weighted by molar-refractivity contribution is 6.30. The molecule has 3 aromatic rings. The number of halogens is 1. The third-order valence-electron chi connectivity index (χ3n) is 6.88. The van der Waals surface area contributed by atoms with Crippen LogP contribution in [0.1, 0.15) is 72.3 Å². The van der Waals surface area contributed by atoms with E-state index in [1.54, 1.807) is 16.7 Å². The average Bonchev–Trinajstić information content (AvgIpc) is 3.02. The zero-order valence-electron chi connectivity index (χ0n) is 16.7. The van der Waals surface area contributed by atoms with Gasteiger partial charge in [-0.15, -0.1) is 0 Å². The van der Waals surface area contributed by atoms with Gasteiger partial charge in [-0.05, 0) is 66.7 Å². The summed E-state index contributed by atoms with van der Waals surface area (Å²) in [6.45, 7) is 2.51. The number of hydrogen-bond acceptors (Lipinski definition) is 2. The Balaban J connectivity index is 1.26. The van der Waals surface area contributed by atoms with Crippen molar-refractivity contribution in [1.29, 1.82) is 0 Å². The number of rotatable bonds is 5. The molecule has 1 aromatic carbocycles. The van der Waals surface area contributed by atoms with Gasteiger partial charge >= 0.3 is 0 Å². The second-order valence-corrected chi connectivity index (χ2v) is 9.16. The average molecular weight is 408 g/mol. The first-order chi connectivity index (χ1) is 14.1. The van der Waals surface area contributed by atoms with Gasteiger partial charge in [-0.3, -0.25) is 9.20 Å². The molecule has 0 atom stereocenters. The van der Waals surface area contributed by atoms with E-state index in [0.29, 0.717) is 29.1 Å². The van der Waals surface area contributed by atoms with Crippen molar-refractivity contribution in [3.8, 4) is 0 Å². The van der Waals surface area contributed by atoms with Crippen LogP contribution in [-0.4, -0.2) is 15.3 Å². The summed E-state index contributed by atoms with van der Waals surface area (Å²) in [6.07, 6.45) is 9.45. The number of carbonyl (C=O) groups is 1. The number of benzene rings is 1. The van der Waals surface area contributed by atoms with E-state index in [4.69, 9.17) is 11.6 Å². The topological polar surface area (TPSA) is 46.4 Å². The Morgan fingerprint density at radius 3 is 2.62 bits per heavy atom. The molecule has 150 valence electrons. The Hall–Kier alpha value is -2.33. The van der Waals surface area contributed by atoms with Gasteiger partial charge in [0, 0.05) is 12.7 Å². The zero-order valence-corrected chi connectivity index (χ0v) is 17.5. The van der Waals surface area contributed by atoms with E-state index in [-0.39, 0.29) is 5.91 Å². The van der Waals surface area contributed by atoms with Crippen molar-refractivity contribution in [3.05, 3.63) is 70.1 Å². The third kappa shape index (κ3) is 3.33. The van der Waals surface area contributed by atoms with Crippen LogP contribution in [0.5, 0.6) is 0 Å². The molecule has 4 nitrogen and oxygen atoms in total. The second-order valence-electron chi connectivity index (χ2n) is 8.72. The number of carbonyl (C=O) groups excluding carboxylic acids is 1. The number of nitrogens with one attached hydrogen (secondary N) is 1. The quantitative estimate of drug-likeness (QED) is 0.604. The lowest BCUT2D eigenvalue weighted by Crippen LogP contribution is -2.41. The van der Waals surface area contributed by atoms with Gasteiger partial charge in [0.2, 0.25) is 0 Å². The Morgan fingerprint density at radius 1 is 1.21 bits per heavy atom. The van der Waals surface area contributed by atoms with Crippen molar-refractivity contribution >= 4 is 23.2 Å². The molecular formula is C24H26ClN3O. The minimum atomic E-state index is -0.119. The monoisotopic (exact) mass is 407 g/mol. The van der Waals surface area contributed by atoms with E-state index in [0.717, 1.165) is 22.8 Å². The van der Waals surface area contributed by atoms with Crippen LogP contribution in [0.15, 0.2) is 42.6 Å².